The van der Waals surface area contributed by atoms with E-state index < -0.39 is 10.0 Å². The quantitative estimate of drug-likeness (QED) is 0.332. The molecular weight excluding hydrogens is 344 g/mol. The maximum atomic E-state index is 11.0. The Hall–Kier alpha value is -2.00. The van der Waals surface area contributed by atoms with Crippen molar-refractivity contribution in [3.05, 3.63) is 23.8 Å². The third-order valence-corrected chi connectivity index (χ3v) is 4.18. The Bertz CT molecular complexity index is 691. The van der Waals surface area contributed by atoms with Crippen LogP contribution in [0.2, 0.25) is 0 Å². The highest BCUT2D eigenvalue weighted by atomic mass is 32.2. The van der Waals surface area contributed by atoms with Crippen LogP contribution < -0.4 is 24.8 Å². The maximum absolute atomic E-state index is 11.0. The van der Waals surface area contributed by atoms with E-state index in [1.54, 1.807) is 0 Å². The summed E-state index contributed by atoms with van der Waals surface area (Å²) in [6, 6.07) is 5.94. The number of rotatable bonds is 9. The molecule has 1 aliphatic heterocycles. The van der Waals surface area contributed by atoms with Gasteiger partial charge in [0.15, 0.2) is 17.5 Å². The minimum Gasteiger partial charge on any atom is -0.454 e. The highest BCUT2D eigenvalue weighted by molar-refractivity contribution is 7.88. The lowest BCUT2D eigenvalue weighted by molar-refractivity contribution is 0.174. The molecule has 140 valence electrons. The van der Waals surface area contributed by atoms with E-state index in [0.717, 1.165) is 48.8 Å². The Morgan fingerprint density at radius 2 is 2.00 bits per heavy atom. The molecule has 2 rings (SSSR count). The fourth-order valence-electron chi connectivity index (χ4n) is 2.29. The molecular formula is C16H26N4O4S. The lowest BCUT2D eigenvalue weighted by Gasteiger charge is -2.11. The van der Waals surface area contributed by atoms with Gasteiger partial charge in [0, 0.05) is 26.2 Å². The van der Waals surface area contributed by atoms with Crippen LogP contribution in [0.15, 0.2) is 23.2 Å². The first-order valence-electron chi connectivity index (χ1n) is 8.33. The van der Waals surface area contributed by atoms with Crippen LogP contribution in [0, 0.1) is 0 Å². The van der Waals surface area contributed by atoms with Crippen molar-refractivity contribution in [3.63, 3.8) is 0 Å². The summed E-state index contributed by atoms with van der Waals surface area (Å²) in [5.74, 6) is 2.30. The number of nitrogens with zero attached hydrogens (tertiary/aromatic N) is 1. The van der Waals surface area contributed by atoms with Crippen LogP contribution in [0.1, 0.15) is 18.9 Å². The van der Waals surface area contributed by atoms with E-state index in [1.165, 1.54) is 0 Å². The molecule has 0 aromatic heterocycles. The van der Waals surface area contributed by atoms with E-state index in [-0.39, 0.29) is 6.79 Å². The predicted molar refractivity (Wildman–Crippen MR) is 97.7 cm³/mol. The van der Waals surface area contributed by atoms with Crippen molar-refractivity contribution in [2.75, 3.05) is 39.2 Å². The Balaban J connectivity index is 1.74. The number of aliphatic imine (C=N–C) groups is 1. The molecule has 0 saturated carbocycles. The van der Waals surface area contributed by atoms with Gasteiger partial charge in [0.1, 0.15) is 0 Å². The van der Waals surface area contributed by atoms with Crippen LogP contribution in [-0.4, -0.2) is 53.6 Å². The van der Waals surface area contributed by atoms with Crippen molar-refractivity contribution in [3.8, 4) is 11.5 Å². The van der Waals surface area contributed by atoms with Gasteiger partial charge in [-0.15, -0.1) is 0 Å². The van der Waals surface area contributed by atoms with Crippen LogP contribution >= 0.6 is 0 Å². The first-order valence-corrected chi connectivity index (χ1v) is 10.2. The zero-order chi connectivity index (χ0) is 18.1. The Kier molecular flexibility index (Phi) is 7.32. The number of guanidine groups is 1. The van der Waals surface area contributed by atoms with E-state index in [9.17, 15) is 8.42 Å². The van der Waals surface area contributed by atoms with Gasteiger partial charge in [0.2, 0.25) is 16.8 Å². The molecule has 0 fully saturated rings. The third-order valence-electron chi connectivity index (χ3n) is 3.46. The second-order valence-corrected chi connectivity index (χ2v) is 7.48. The number of nitrogens with one attached hydrogen (secondary N) is 3. The number of sulfonamides is 1. The summed E-state index contributed by atoms with van der Waals surface area (Å²) < 4.78 is 35.1. The number of hydrogen-bond acceptors (Lipinski definition) is 5. The zero-order valence-electron chi connectivity index (χ0n) is 14.7. The highest BCUT2D eigenvalue weighted by Gasteiger charge is 2.12. The molecule has 1 aromatic carbocycles. The molecule has 1 heterocycles. The first kappa shape index (κ1) is 19.3. The maximum Gasteiger partial charge on any atom is 0.231 e. The number of fused-ring (bicyclic) bond motifs is 1. The van der Waals surface area contributed by atoms with Gasteiger partial charge in [0.05, 0.1) is 6.26 Å². The summed E-state index contributed by atoms with van der Waals surface area (Å²) >= 11 is 0. The Morgan fingerprint density at radius 1 is 1.20 bits per heavy atom. The molecule has 0 aliphatic carbocycles. The number of benzene rings is 1. The molecule has 0 unspecified atom stereocenters. The summed E-state index contributed by atoms with van der Waals surface area (Å²) in [6.45, 7) is 4.70. The third kappa shape index (κ3) is 7.18. The number of ether oxygens (including phenoxy) is 2. The van der Waals surface area contributed by atoms with Crippen LogP contribution in [0.4, 0.5) is 0 Å². The number of hydrogen-bond donors (Lipinski definition) is 3. The second-order valence-electron chi connectivity index (χ2n) is 5.65. The van der Waals surface area contributed by atoms with E-state index in [4.69, 9.17) is 9.47 Å². The lowest BCUT2D eigenvalue weighted by Crippen LogP contribution is -2.38. The van der Waals surface area contributed by atoms with Gasteiger partial charge >= 0.3 is 0 Å². The molecule has 1 aromatic rings. The standard InChI is InChI=1S/C16H26N4O4S/c1-3-17-16(18-8-4-9-20-25(2,21)22)19-10-7-13-5-6-14-15(11-13)24-12-23-14/h5-6,11,20H,3-4,7-10,12H2,1-2H3,(H2,17,18,19). The smallest absolute Gasteiger partial charge is 0.231 e. The van der Waals surface area contributed by atoms with Gasteiger partial charge in [-0.05, 0) is 37.5 Å². The summed E-state index contributed by atoms with van der Waals surface area (Å²) in [5.41, 5.74) is 1.16. The van der Waals surface area contributed by atoms with Crippen LogP contribution in [-0.2, 0) is 16.4 Å². The molecule has 0 radical (unpaired) electrons. The summed E-state index contributed by atoms with van der Waals surface area (Å²) in [6.07, 6.45) is 2.63. The van der Waals surface area contributed by atoms with Crippen LogP contribution in [0.25, 0.3) is 0 Å². The second kappa shape index (κ2) is 9.47. The topological polar surface area (TPSA) is 101 Å². The van der Waals surface area contributed by atoms with Crippen molar-refractivity contribution in [2.45, 2.75) is 19.8 Å². The van der Waals surface area contributed by atoms with Gasteiger partial charge in [0.25, 0.3) is 0 Å². The fraction of sp³-hybridized carbons (Fsp3) is 0.562. The van der Waals surface area contributed by atoms with Crippen LogP contribution in [0.3, 0.4) is 0 Å². The average Bonchev–Trinajstić information content (AvgIpc) is 3.01. The van der Waals surface area contributed by atoms with Gasteiger partial charge in [-0.25, -0.2) is 13.1 Å². The lowest BCUT2D eigenvalue weighted by atomic mass is 10.1. The summed E-state index contributed by atoms with van der Waals surface area (Å²) in [7, 11) is -3.13. The average molecular weight is 370 g/mol. The van der Waals surface area contributed by atoms with Crippen molar-refractivity contribution < 1.29 is 17.9 Å². The summed E-state index contributed by atoms with van der Waals surface area (Å²) in [5, 5.41) is 6.45. The highest BCUT2D eigenvalue weighted by Crippen LogP contribution is 2.32. The molecule has 9 heteroatoms. The van der Waals surface area contributed by atoms with Crippen molar-refractivity contribution in [2.24, 2.45) is 4.99 Å². The van der Waals surface area contributed by atoms with Crippen molar-refractivity contribution in [1.82, 2.24) is 15.4 Å². The van der Waals surface area contributed by atoms with E-state index >= 15 is 0 Å². The first-order chi connectivity index (χ1) is 12.0. The minimum atomic E-state index is -3.13. The van der Waals surface area contributed by atoms with Crippen molar-refractivity contribution in [1.29, 1.82) is 0 Å². The molecule has 0 bridgehead atoms. The minimum absolute atomic E-state index is 0.280. The molecule has 1 aliphatic rings. The van der Waals surface area contributed by atoms with Gasteiger partial charge in [-0.2, -0.15) is 0 Å². The molecule has 0 saturated heterocycles. The van der Waals surface area contributed by atoms with Crippen LogP contribution in [0.5, 0.6) is 11.5 Å². The molecule has 0 spiro atoms. The normalized spacial score (nSPS) is 13.8. The zero-order valence-corrected chi connectivity index (χ0v) is 15.5. The predicted octanol–water partition coefficient (Wildman–Crippen LogP) is 0.452. The molecule has 0 atom stereocenters. The molecule has 3 N–H and O–H groups in total. The largest absolute Gasteiger partial charge is 0.454 e. The van der Waals surface area contributed by atoms with Gasteiger partial charge < -0.3 is 20.1 Å². The van der Waals surface area contributed by atoms with E-state index in [1.807, 2.05) is 25.1 Å². The monoisotopic (exact) mass is 370 g/mol. The SMILES string of the molecule is CCNC(=NCCCNS(C)(=O)=O)NCCc1ccc2c(c1)OCO2. The van der Waals surface area contributed by atoms with E-state index in [0.29, 0.717) is 19.5 Å². The van der Waals surface area contributed by atoms with Gasteiger partial charge in [-0.3, -0.25) is 4.99 Å². The van der Waals surface area contributed by atoms with Gasteiger partial charge in [-0.1, -0.05) is 6.07 Å². The summed E-state index contributed by atoms with van der Waals surface area (Å²) in [4.78, 5) is 4.44. The molecule has 8 nitrogen and oxygen atoms in total. The molecule has 0 amide bonds. The Labute approximate surface area is 149 Å². The van der Waals surface area contributed by atoms with E-state index in [2.05, 4.69) is 20.3 Å². The molecule has 25 heavy (non-hydrogen) atoms. The van der Waals surface area contributed by atoms with Crippen molar-refractivity contribution >= 4 is 16.0 Å². The Morgan fingerprint density at radius 3 is 2.76 bits per heavy atom. The fourth-order valence-corrected chi connectivity index (χ4v) is 2.81.